The quantitative estimate of drug-likeness (QED) is 0.798. The molecule has 20 heavy (non-hydrogen) atoms. The maximum atomic E-state index is 9.07. The van der Waals surface area contributed by atoms with Gasteiger partial charge in [0.2, 0.25) is 5.95 Å². The Morgan fingerprint density at radius 2 is 2.30 bits per heavy atom. The van der Waals surface area contributed by atoms with Gasteiger partial charge in [-0.05, 0) is 36.1 Å². The number of hydrogen-bond donors (Lipinski definition) is 1. The van der Waals surface area contributed by atoms with Gasteiger partial charge >= 0.3 is 0 Å². The average molecular weight is 282 g/mol. The van der Waals surface area contributed by atoms with Crippen molar-refractivity contribution in [2.75, 3.05) is 5.73 Å². The van der Waals surface area contributed by atoms with E-state index in [9.17, 15) is 0 Å². The Morgan fingerprint density at radius 1 is 1.45 bits per heavy atom. The van der Waals surface area contributed by atoms with Gasteiger partial charge in [-0.25, -0.2) is 4.98 Å². The van der Waals surface area contributed by atoms with Gasteiger partial charge in [0.1, 0.15) is 0 Å². The van der Waals surface area contributed by atoms with Crippen molar-refractivity contribution in [3.63, 3.8) is 0 Å². The number of anilines is 1. The summed E-state index contributed by atoms with van der Waals surface area (Å²) in [4.78, 5) is 5.65. The van der Waals surface area contributed by atoms with Crippen LogP contribution in [0.2, 0.25) is 0 Å². The van der Waals surface area contributed by atoms with E-state index in [1.807, 2.05) is 22.8 Å². The first-order valence-corrected chi connectivity index (χ1v) is 7.33. The molecule has 0 aliphatic heterocycles. The number of nitrogen functional groups attached to an aromatic ring is 1. The fraction of sp³-hybridized carbons (Fsp3) is 0.200. The summed E-state index contributed by atoms with van der Waals surface area (Å²) < 4.78 is 2.03. The predicted octanol–water partition coefficient (Wildman–Crippen LogP) is 3.55. The number of nitriles is 1. The highest BCUT2D eigenvalue weighted by atomic mass is 32.1. The second-order valence-electron chi connectivity index (χ2n) is 4.59. The Labute approximate surface area is 121 Å². The van der Waals surface area contributed by atoms with Gasteiger partial charge in [-0.15, -0.1) is 11.3 Å². The van der Waals surface area contributed by atoms with Crippen molar-refractivity contribution in [1.82, 2.24) is 9.55 Å². The summed E-state index contributed by atoms with van der Waals surface area (Å²) in [6.45, 7) is 2.13. The van der Waals surface area contributed by atoms with Crippen LogP contribution in [0.1, 0.15) is 29.8 Å². The van der Waals surface area contributed by atoms with Crippen molar-refractivity contribution in [2.24, 2.45) is 0 Å². The highest BCUT2D eigenvalue weighted by Gasteiger charge is 2.19. The van der Waals surface area contributed by atoms with Gasteiger partial charge in [0.15, 0.2) is 0 Å². The van der Waals surface area contributed by atoms with Crippen LogP contribution in [0.25, 0.3) is 11.0 Å². The van der Waals surface area contributed by atoms with E-state index in [4.69, 9.17) is 11.0 Å². The Balaban J connectivity index is 2.24. The summed E-state index contributed by atoms with van der Waals surface area (Å²) in [5, 5.41) is 11.1. The van der Waals surface area contributed by atoms with Crippen LogP contribution in [0.3, 0.4) is 0 Å². The van der Waals surface area contributed by atoms with Crippen LogP contribution in [-0.2, 0) is 0 Å². The molecule has 0 saturated heterocycles. The number of benzene rings is 1. The van der Waals surface area contributed by atoms with E-state index in [-0.39, 0.29) is 6.04 Å². The van der Waals surface area contributed by atoms with Crippen molar-refractivity contribution in [2.45, 2.75) is 19.4 Å². The van der Waals surface area contributed by atoms with E-state index in [1.165, 1.54) is 4.88 Å². The molecule has 0 aliphatic rings. The van der Waals surface area contributed by atoms with Crippen LogP contribution in [0.5, 0.6) is 0 Å². The van der Waals surface area contributed by atoms with Crippen molar-refractivity contribution in [3.05, 3.63) is 46.2 Å². The van der Waals surface area contributed by atoms with E-state index in [1.54, 1.807) is 17.4 Å². The summed E-state index contributed by atoms with van der Waals surface area (Å²) in [5.41, 5.74) is 8.47. The second-order valence-corrected chi connectivity index (χ2v) is 5.57. The van der Waals surface area contributed by atoms with Crippen LogP contribution >= 0.6 is 11.3 Å². The minimum atomic E-state index is 0.161. The van der Waals surface area contributed by atoms with E-state index < -0.39 is 0 Å². The molecule has 0 amide bonds. The SMILES string of the molecule is CCC(c1cccs1)n1c(N)nc2ccc(C#N)cc21. The molecule has 0 spiro atoms. The third-order valence-corrected chi connectivity index (χ3v) is 4.39. The number of aromatic nitrogens is 2. The summed E-state index contributed by atoms with van der Waals surface area (Å²) in [5.74, 6) is 0.496. The Hall–Kier alpha value is -2.32. The molecular formula is C15H14N4S. The third-order valence-electron chi connectivity index (χ3n) is 3.42. The molecule has 0 radical (unpaired) electrons. The van der Waals surface area contributed by atoms with Crippen molar-refractivity contribution in [3.8, 4) is 6.07 Å². The molecule has 0 fully saturated rings. The van der Waals surface area contributed by atoms with Crippen molar-refractivity contribution in [1.29, 1.82) is 5.26 Å². The summed E-state index contributed by atoms with van der Waals surface area (Å²) in [6.07, 6.45) is 0.924. The smallest absolute Gasteiger partial charge is 0.201 e. The number of thiophene rings is 1. The molecule has 0 saturated carbocycles. The molecule has 2 N–H and O–H groups in total. The van der Waals surface area contributed by atoms with E-state index in [0.717, 1.165) is 17.5 Å². The zero-order chi connectivity index (χ0) is 14.1. The molecule has 1 atom stereocenters. The molecule has 1 aromatic carbocycles. The van der Waals surface area contributed by atoms with Crippen LogP contribution in [0.15, 0.2) is 35.7 Å². The maximum absolute atomic E-state index is 9.07. The Morgan fingerprint density at radius 3 is 2.95 bits per heavy atom. The molecule has 1 unspecified atom stereocenters. The largest absolute Gasteiger partial charge is 0.369 e. The van der Waals surface area contributed by atoms with E-state index in [2.05, 4.69) is 29.4 Å². The van der Waals surface area contributed by atoms with E-state index in [0.29, 0.717) is 11.5 Å². The molecule has 0 bridgehead atoms. The monoisotopic (exact) mass is 282 g/mol. The lowest BCUT2D eigenvalue weighted by Crippen LogP contribution is -2.11. The molecule has 5 heteroatoms. The fourth-order valence-corrected chi connectivity index (χ4v) is 3.40. The molecule has 100 valence electrons. The first-order chi connectivity index (χ1) is 9.74. The number of nitrogens with zero attached hydrogens (tertiary/aromatic N) is 3. The minimum Gasteiger partial charge on any atom is -0.369 e. The summed E-state index contributed by atoms with van der Waals surface area (Å²) in [6, 6.07) is 12.0. The number of nitrogens with two attached hydrogens (primary N) is 1. The number of hydrogen-bond acceptors (Lipinski definition) is 4. The highest BCUT2D eigenvalue weighted by molar-refractivity contribution is 7.10. The molecule has 2 heterocycles. The van der Waals surface area contributed by atoms with E-state index >= 15 is 0 Å². The number of imidazole rings is 1. The van der Waals surface area contributed by atoms with Crippen LogP contribution in [0.4, 0.5) is 5.95 Å². The van der Waals surface area contributed by atoms with Crippen LogP contribution in [-0.4, -0.2) is 9.55 Å². The topological polar surface area (TPSA) is 67.6 Å². The Bertz CT molecular complexity index is 780. The normalized spacial score (nSPS) is 12.4. The van der Waals surface area contributed by atoms with Crippen molar-refractivity contribution < 1.29 is 0 Å². The summed E-state index contributed by atoms with van der Waals surface area (Å²) in [7, 11) is 0. The van der Waals surface area contributed by atoms with Gasteiger partial charge < -0.3 is 10.3 Å². The van der Waals surface area contributed by atoms with Gasteiger partial charge in [0.05, 0.1) is 28.7 Å². The standard InChI is InChI=1S/C15H14N4S/c1-2-12(14-4-3-7-20-14)19-13-8-10(9-16)5-6-11(13)18-15(19)17/h3-8,12H,2H2,1H3,(H2,17,18). The molecule has 3 rings (SSSR count). The highest BCUT2D eigenvalue weighted by Crippen LogP contribution is 2.32. The first kappa shape index (κ1) is 12.7. The Kier molecular flexibility index (Phi) is 3.17. The van der Waals surface area contributed by atoms with Gasteiger partial charge in [0.25, 0.3) is 0 Å². The third kappa shape index (κ3) is 1.95. The van der Waals surface area contributed by atoms with Gasteiger partial charge in [-0.1, -0.05) is 13.0 Å². The summed E-state index contributed by atoms with van der Waals surface area (Å²) >= 11 is 1.71. The molecule has 4 nitrogen and oxygen atoms in total. The van der Waals surface area contributed by atoms with Gasteiger partial charge in [0, 0.05) is 4.88 Å². The molecule has 3 aromatic rings. The first-order valence-electron chi connectivity index (χ1n) is 6.45. The maximum Gasteiger partial charge on any atom is 0.201 e. The number of fused-ring (bicyclic) bond motifs is 1. The lowest BCUT2D eigenvalue weighted by Gasteiger charge is -2.17. The average Bonchev–Trinajstić information content (AvgIpc) is 3.08. The van der Waals surface area contributed by atoms with Crippen molar-refractivity contribution >= 4 is 28.3 Å². The molecular weight excluding hydrogens is 268 g/mol. The van der Waals surface area contributed by atoms with Gasteiger partial charge in [-0.2, -0.15) is 5.26 Å². The lowest BCUT2D eigenvalue weighted by atomic mass is 10.1. The lowest BCUT2D eigenvalue weighted by molar-refractivity contribution is 0.599. The fourth-order valence-electron chi connectivity index (χ4n) is 2.50. The van der Waals surface area contributed by atoms with Gasteiger partial charge in [-0.3, -0.25) is 0 Å². The van der Waals surface area contributed by atoms with Crippen LogP contribution < -0.4 is 5.73 Å². The predicted molar refractivity (Wildman–Crippen MR) is 81.6 cm³/mol. The molecule has 2 aromatic heterocycles. The second kappa shape index (κ2) is 4.99. The zero-order valence-corrected chi connectivity index (χ0v) is 11.9. The van der Waals surface area contributed by atoms with Crippen LogP contribution in [0, 0.1) is 11.3 Å². The molecule has 0 aliphatic carbocycles. The zero-order valence-electron chi connectivity index (χ0n) is 11.1. The number of rotatable bonds is 3. The minimum absolute atomic E-state index is 0.161.